The first-order valence-corrected chi connectivity index (χ1v) is 9.60. The SMILES string of the molecule is O=C(Nc1nc2ccccc2[nH]1)[C@H]1CCCN(c2ccc(-n3cccn3)nn2)C1. The molecule has 5 rings (SSSR count). The molecule has 0 radical (unpaired) electrons. The van der Waals surface area contributed by atoms with E-state index in [2.05, 4.69) is 35.5 Å². The molecule has 0 saturated carbocycles. The highest BCUT2D eigenvalue weighted by atomic mass is 16.2. The predicted molar refractivity (Wildman–Crippen MR) is 109 cm³/mol. The minimum absolute atomic E-state index is 0.0325. The number of hydrogen-bond donors (Lipinski definition) is 2. The maximum absolute atomic E-state index is 12.8. The first-order valence-electron chi connectivity index (χ1n) is 9.60. The third-order valence-electron chi connectivity index (χ3n) is 5.12. The van der Waals surface area contributed by atoms with E-state index in [0.717, 1.165) is 36.2 Å². The van der Waals surface area contributed by atoms with E-state index in [-0.39, 0.29) is 11.8 Å². The van der Waals surface area contributed by atoms with E-state index < -0.39 is 0 Å². The maximum Gasteiger partial charge on any atom is 0.231 e. The quantitative estimate of drug-likeness (QED) is 0.556. The van der Waals surface area contributed by atoms with Gasteiger partial charge in [0.25, 0.3) is 0 Å². The Hall–Kier alpha value is -3.75. The zero-order chi connectivity index (χ0) is 19.6. The molecule has 4 aromatic rings. The molecule has 9 nitrogen and oxygen atoms in total. The number of carbonyl (C=O) groups is 1. The molecule has 9 heteroatoms. The number of aromatic amines is 1. The molecule has 0 aliphatic carbocycles. The number of nitrogens with one attached hydrogen (secondary N) is 2. The van der Waals surface area contributed by atoms with E-state index >= 15 is 0 Å². The molecule has 146 valence electrons. The lowest BCUT2D eigenvalue weighted by Gasteiger charge is -2.32. The Morgan fingerprint density at radius 3 is 2.76 bits per heavy atom. The number of hydrogen-bond acceptors (Lipinski definition) is 6. The van der Waals surface area contributed by atoms with Gasteiger partial charge in [-0.1, -0.05) is 12.1 Å². The molecule has 0 unspecified atom stereocenters. The number of nitrogens with zero attached hydrogens (tertiary/aromatic N) is 6. The summed E-state index contributed by atoms with van der Waals surface area (Å²) < 4.78 is 1.66. The van der Waals surface area contributed by atoms with Crippen molar-refractivity contribution >= 4 is 28.7 Å². The molecule has 1 aromatic carbocycles. The van der Waals surface area contributed by atoms with Crippen molar-refractivity contribution in [2.24, 2.45) is 5.92 Å². The fourth-order valence-corrected chi connectivity index (χ4v) is 3.64. The molecule has 1 saturated heterocycles. The van der Waals surface area contributed by atoms with Gasteiger partial charge in [0.15, 0.2) is 11.6 Å². The predicted octanol–water partition coefficient (Wildman–Crippen LogP) is 2.39. The molecule has 1 fully saturated rings. The highest BCUT2D eigenvalue weighted by Crippen LogP contribution is 2.23. The highest BCUT2D eigenvalue weighted by Gasteiger charge is 2.27. The van der Waals surface area contributed by atoms with Gasteiger partial charge in [-0.25, -0.2) is 9.67 Å². The molecule has 0 bridgehead atoms. The number of piperidine rings is 1. The summed E-state index contributed by atoms with van der Waals surface area (Å²) in [7, 11) is 0. The molecule has 2 N–H and O–H groups in total. The van der Waals surface area contributed by atoms with Crippen molar-refractivity contribution in [1.82, 2.24) is 29.9 Å². The number of fused-ring (bicyclic) bond motifs is 1. The minimum Gasteiger partial charge on any atom is -0.354 e. The van der Waals surface area contributed by atoms with Gasteiger partial charge in [-0.3, -0.25) is 10.1 Å². The van der Waals surface area contributed by atoms with Gasteiger partial charge in [-0.05, 0) is 43.2 Å². The summed E-state index contributed by atoms with van der Waals surface area (Å²) >= 11 is 0. The molecule has 3 aromatic heterocycles. The van der Waals surface area contributed by atoms with Gasteiger partial charge in [0.05, 0.1) is 17.0 Å². The second-order valence-corrected chi connectivity index (χ2v) is 7.08. The van der Waals surface area contributed by atoms with Gasteiger partial charge < -0.3 is 9.88 Å². The van der Waals surface area contributed by atoms with Crippen LogP contribution in [0.15, 0.2) is 54.9 Å². The maximum atomic E-state index is 12.8. The van der Waals surface area contributed by atoms with Gasteiger partial charge >= 0.3 is 0 Å². The topological polar surface area (TPSA) is 105 Å². The summed E-state index contributed by atoms with van der Waals surface area (Å²) in [6.45, 7) is 1.45. The summed E-state index contributed by atoms with van der Waals surface area (Å²) in [6, 6.07) is 13.3. The number of rotatable bonds is 4. The fraction of sp³-hybridized carbons (Fsp3) is 0.250. The number of benzene rings is 1. The summed E-state index contributed by atoms with van der Waals surface area (Å²) in [6.07, 6.45) is 5.27. The summed E-state index contributed by atoms with van der Waals surface area (Å²) in [5.41, 5.74) is 1.74. The van der Waals surface area contributed by atoms with E-state index in [9.17, 15) is 4.79 Å². The Morgan fingerprint density at radius 1 is 1.10 bits per heavy atom. The van der Waals surface area contributed by atoms with Crippen LogP contribution in [0.25, 0.3) is 16.9 Å². The smallest absolute Gasteiger partial charge is 0.231 e. The van der Waals surface area contributed by atoms with Gasteiger partial charge in [-0.15, -0.1) is 10.2 Å². The zero-order valence-corrected chi connectivity index (χ0v) is 15.7. The monoisotopic (exact) mass is 388 g/mol. The first-order chi connectivity index (χ1) is 14.3. The highest BCUT2D eigenvalue weighted by molar-refractivity contribution is 5.93. The van der Waals surface area contributed by atoms with Crippen molar-refractivity contribution in [3.8, 4) is 5.82 Å². The van der Waals surface area contributed by atoms with Gasteiger partial charge in [0.1, 0.15) is 0 Å². The lowest BCUT2D eigenvalue weighted by atomic mass is 9.97. The Balaban J connectivity index is 1.26. The van der Waals surface area contributed by atoms with Crippen LogP contribution in [0.3, 0.4) is 0 Å². The van der Waals surface area contributed by atoms with Crippen molar-refractivity contribution in [2.45, 2.75) is 12.8 Å². The van der Waals surface area contributed by atoms with Crippen molar-refractivity contribution < 1.29 is 4.79 Å². The second-order valence-electron chi connectivity index (χ2n) is 7.08. The minimum atomic E-state index is -0.135. The summed E-state index contributed by atoms with van der Waals surface area (Å²) in [5, 5.41) is 15.7. The van der Waals surface area contributed by atoms with Crippen LogP contribution >= 0.6 is 0 Å². The molecule has 1 aliphatic rings. The average molecular weight is 388 g/mol. The fourth-order valence-electron chi connectivity index (χ4n) is 3.64. The van der Waals surface area contributed by atoms with E-state index in [1.807, 2.05) is 48.7 Å². The van der Waals surface area contributed by atoms with Crippen LogP contribution in [-0.4, -0.2) is 48.9 Å². The second kappa shape index (κ2) is 7.34. The Bertz CT molecular complexity index is 1090. The van der Waals surface area contributed by atoms with Crippen molar-refractivity contribution in [1.29, 1.82) is 0 Å². The van der Waals surface area contributed by atoms with E-state index in [0.29, 0.717) is 18.3 Å². The number of H-pyrrole nitrogens is 1. The average Bonchev–Trinajstić information content (AvgIpc) is 3.43. The molecule has 29 heavy (non-hydrogen) atoms. The van der Waals surface area contributed by atoms with Crippen LogP contribution in [0, 0.1) is 5.92 Å². The number of aromatic nitrogens is 6. The van der Waals surface area contributed by atoms with Crippen molar-refractivity contribution in [3.05, 3.63) is 54.9 Å². The molecule has 0 spiro atoms. The van der Waals surface area contributed by atoms with Crippen molar-refractivity contribution in [3.63, 3.8) is 0 Å². The number of anilines is 2. The number of para-hydroxylation sites is 2. The molecule has 1 amide bonds. The number of imidazole rings is 1. The normalized spacial score (nSPS) is 16.8. The van der Waals surface area contributed by atoms with E-state index in [1.54, 1.807) is 10.9 Å². The van der Waals surface area contributed by atoms with Crippen LogP contribution in [0.2, 0.25) is 0 Å². The van der Waals surface area contributed by atoms with Gasteiger partial charge in [0.2, 0.25) is 11.9 Å². The van der Waals surface area contributed by atoms with Crippen LogP contribution in [0.1, 0.15) is 12.8 Å². The summed E-state index contributed by atoms with van der Waals surface area (Å²) in [4.78, 5) is 22.5. The molecular weight excluding hydrogens is 368 g/mol. The van der Waals surface area contributed by atoms with Crippen LogP contribution in [-0.2, 0) is 4.79 Å². The summed E-state index contributed by atoms with van der Waals surface area (Å²) in [5.74, 6) is 1.74. The molecule has 4 heterocycles. The third-order valence-corrected chi connectivity index (χ3v) is 5.12. The Kier molecular flexibility index (Phi) is 4.39. The molecule has 1 atom stereocenters. The lowest BCUT2D eigenvalue weighted by Crippen LogP contribution is -2.41. The van der Waals surface area contributed by atoms with Gasteiger partial charge in [-0.2, -0.15) is 5.10 Å². The van der Waals surface area contributed by atoms with Crippen LogP contribution < -0.4 is 10.2 Å². The van der Waals surface area contributed by atoms with E-state index in [4.69, 9.17) is 0 Å². The number of amides is 1. The van der Waals surface area contributed by atoms with E-state index in [1.165, 1.54) is 0 Å². The van der Waals surface area contributed by atoms with Crippen LogP contribution in [0.5, 0.6) is 0 Å². The Morgan fingerprint density at radius 2 is 1.97 bits per heavy atom. The molecule has 1 aliphatic heterocycles. The van der Waals surface area contributed by atoms with Crippen LogP contribution in [0.4, 0.5) is 11.8 Å². The molecular formula is C20H20N8O. The van der Waals surface area contributed by atoms with Crippen molar-refractivity contribution in [2.75, 3.05) is 23.3 Å². The first kappa shape index (κ1) is 17.4. The lowest BCUT2D eigenvalue weighted by molar-refractivity contribution is -0.120. The van der Waals surface area contributed by atoms with Gasteiger partial charge in [0, 0.05) is 25.5 Å². The number of carbonyl (C=O) groups excluding carboxylic acids is 1. The largest absolute Gasteiger partial charge is 0.354 e. The standard InChI is InChI=1S/C20H20N8O/c29-19(24-20-22-15-6-1-2-7-16(15)23-20)14-5-3-11-27(13-14)17-8-9-18(26-25-17)28-12-4-10-21-28/h1-2,4,6-10,12,14H,3,5,11,13H2,(H2,22,23,24,29)/t14-/m0/s1. The third kappa shape index (κ3) is 3.54. The Labute approximate surface area is 166 Å². The zero-order valence-electron chi connectivity index (χ0n) is 15.7.